The van der Waals surface area contributed by atoms with E-state index in [4.69, 9.17) is 19.6 Å². The second kappa shape index (κ2) is 4.29. The number of hydrogen-bond acceptors (Lipinski definition) is 5. The number of rotatable bonds is 4. The van der Waals surface area contributed by atoms with Crippen molar-refractivity contribution >= 4 is 21.0 Å². The Morgan fingerprint density at radius 3 is 2.12 bits per heavy atom. The molecule has 0 amide bonds. The molecule has 1 heterocycles. The van der Waals surface area contributed by atoms with Gasteiger partial charge in [0.05, 0.1) is 0 Å². The largest absolute Gasteiger partial charge is 0.360 e. The van der Waals surface area contributed by atoms with E-state index < -0.39 is 20.7 Å². The summed E-state index contributed by atoms with van der Waals surface area (Å²) in [4.78, 5) is 35.1. The first-order valence-electron chi connectivity index (χ1n) is 3.91. The number of anilines is 1. The lowest BCUT2D eigenvalue weighted by atomic mass is 10.5. The zero-order chi connectivity index (χ0) is 12.6. The summed E-state index contributed by atoms with van der Waals surface area (Å²) < 4.78 is 26.3. The highest BCUT2D eigenvalue weighted by Crippen LogP contribution is 2.59. The molecule has 0 aliphatic heterocycles. The minimum Gasteiger partial charge on any atom is -0.360 e. The molecule has 0 saturated heterocycles. The Kier molecular flexibility index (Phi) is 3.59. The summed E-state index contributed by atoms with van der Waals surface area (Å²) in [5, 5.41) is 5.26. The second-order valence-electron chi connectivity index (χ2n) is 3.02. The van der Waals surface area contributed by atoms with Crippen molar-refractivity contribution in [2.75, 3.05) is 5.32 Å². The van der Waals surface area contributed by atoms with Gasteiger partial charge in [-0.15, -0.1) is 0 Å². The van der Waals surface area contributed by atoms with Crippen molar-refractivity contribution in [3.05, 3.63) is 11.8 Å². The highest BCUT2D eigenvalue weighted by Gasteiger charge is 2.43. The van der Waals surface area contributed by atoms with E-state index in [2.05, 4.69) is 9.68 Å². The molecule has 0 spiro atoms. The van der Waals surface area contributed by atoms with Crippen molar-refractivity contribution in [1.82, 2.24) is 5.16 Å². The van der Waals surface area contributed by atoms with Gasteiger partial charge in [-0.2, -0.15) is 0 Å². The molecule has 1 rings (SSSR count). The number of aromatic nitrogens is 1. The van der Waals surface area contributed by atoms with Crippen LogP contribution in [0.5, 0.6) is 0 Å². The maximum absolute atomic E-state index is 10.9. The summed E-state index contributed by atoms with van der Waals surface area (Å²) in [6.45, 7) is 1.52. The van der Waals surface area contributed by atoms with E-state index in [1.54, 1.807) is 0 Å². The van der Waals surface area contributed by atoms with Crippen molar-refractivity contribution in [2.45, 2.75) is 12.4 Å². The Bertz CT molecular complexity index is 437. The first-order chi connectivity index (χ1) is 7.10. The molecule has 0 atom stereocenters. The summed E-state index contributed by atoms with van der Waals surface area (Å²) in [6.07, 6.45) is 0. The molecular formula is C5H10N2O7P2. The highest BCUT2D eigenvalue weighted by molar-refractivity contribution is 7.71. The molecule has 0 saturated carbocycles. The van der Waals surface area contributed by atoms with Gasteiger partial charge in [0.2, 0.25) is 5.52 Å². The van der Waals surface area contributed by atoms with Gasteiger partial charge in [-0.05, 0) is 6.92 Å². The van der Waals surface area contributed by atoms with E-state index in [0.29, 0.717) is 5.76 Å². The van der Waals surface area contributed by atoms with Crippen LogP contribution in [0.25, 0.3) is 0 Å². The van der Waals surface area contributed by atoms with Crippen LogP contribution in [-0.4, -0.2) is 30.3 Å². The van der Waals surface area contributed by atoms with Gasteiger partial charge >= 0.3 is 15.2 Å². The molecule has 0 unspecified atom stereocenters. The fourth-order valence-electron chi connectivity index (χ4n) is 0.931. The van der Waals surface area contributed by atoms with Gasteiger partial charge < -0.3 is 29.4 Å². The highest BCUT2D eigenvalue weighted by atomic mass is 31.2. The van der Waals surface area contributed by atoms with E-state index in [9.17, 15) is 9.13 Å². The van der Waals surface area contributed by atoms with Gasteiger partial charge in [-0.3, -0.25) is 9.13 Å². The Morgan fingerprint density at radius 2 is 1.81 bits per heavy atom. The van der Waals surface area contributed by atoms with Crippen LogP contribution in [-0.2, 0) is 9.13 Å². The smallest absolute Gasteiger partial charge is 0.360 e. The van der Waals surface area contributed by atoms with Crippen molar-refractivity contribution in [3.8, 4) is 0 Å². The maximum Gasteiger partial charge on any atom is 0.360 e. The standard InChI is InChI=1S/C5H10N2O7P2/c1-3-2-4(7-14-3)6-5(15(8,9)10)16(11,12)13/h2,5H,1H3,(H,6,7)(H2,8,9,10)(H2,11,12,13). The third-order valence-corrected chi connectivity index (χ3v) is 4.88. The van der Waals surface area contributed by atoms with Gasteiger partial charge in [0.15, 0.2) is 5.82 Å². The van der Waals surface area contributed by atoms with Crippen LogP contribution in [0.2, 0.25) is 0 Å². The van der Waals surface area contributed by atoms with Crippen molar-refractivity contribution in [3.63, 3.8) is 0 Å². The van der Waals surface area contributed by atoms with E-state index in [1.165, 1.54) is 13.0 Å². The van der Waals surface area contributed by atoms with Crippen LogP contribution >= 0.6 is 15.2 Å². The minimum atomic E-state index is -5.01. The average molecular weight is 272 g/mol. The molecule has 1 aromatic rings. The van der Waals surface area contributed by atoms with E-state index in [1.807, 2.05) is 5.32 Å². The summed E-state index contributed by atoms with van der Waals surface area (Å²) >= 11 is 0. The second-order valence-corrected chi connectivity index (χ2v) is 6.82. The molecule has 9 nitrogen and oxygen atoms in total. The molecule has 0 bridgehead atoms. The molecule has 1 aromatic heterocycles. The van der Waals surface area contributed by atoms with E-state index >= 15 is 0 Å². The molecule has 0 aliphatic carbocycles. The average Bonchev–Trinajstić information content (AvgIpc) is 2.43. The van der Waals surface area contributed by atoms with Crippen LogP contribution < -0.4 is 5.32 Å². The van der Waals surface area contributed by atoms with Gasteiger partial charge in [0, 0.05) is 6.07 Å². The summed E-state index contributed by atoms with van der Waals surface area (Å²) in [5.74, 6) is 0.173. The lowest BCUT2D eigenvalue weighted by Gasteiger charge is -2.19. The number of hydrogen-bond donors (Lipinski definition) is 5. The Labute approximate surface area is 89.8 Å². The summed E-state index contributed by atoms with van der Waals surface area (Å²) in [6, 6.07) is 1.25. The summed E-state index contributed by atoms with van der Waals surface area (Å²) in [7, 11) is -10.0. The molecule has 92 valence electrons. The third-order valence-electron chi connectivity index (χ3n) is 1.54. The fraction of sp³-hybridized carbons (Fsp3) is 0.400. The normalized spacial score (nSPS) is 13.1. The minimum absolute atomic E-state index is 0.158. The zero-order valence-corrected chi connectivity index (χ0v) is 9.80. The molecular weight excluding hydrogens is 262 g/mol. The Morgan fingerprint density at radius 1 is 1.31 bits per heavy atom. The van der Waals surface area contributed by atoms with Gasteiger partial charge in [-0.25, -0.2) is 0 Å². The maximum atomic E-state index is 10.9. The first-order valence-corrected chi connectivity index (χ1v) is 7.27. The van der Waals surface area contributed by atoms with Crippen molar-refractivity contribution < 1.29 is 33.2 Å². The molecule has 0 aliphatic rings. The quantitative estimate of drug-likeness (QED) is 0.477. The first kappa shape index (κ1) is 13.4. The Hall–Kier alpha value is -0.690. The Balaban J connectivity index is 2.97. The topological polar surface area (TPSA) is 153 Å². The van der Waals surface area contributed by atoms with E-state index in [-0.39, 0.29) is 5.82 Å². The predicted molar refractivity (Wildman–Crippen MR) is 52.7 cm³/mol. The molecule has 16 heavy (non-hydrogen) atoms. The van der Waals surface area contributed by atoms with Crippen LogP contribution in [0, 0.1) is 6.92 Å². The lowest BCUT2D eigenvalue weighted by Crippen LogP contribution is -2.20. The SMILES string of the molecule is Cc1cc(NC(P(=O)(O)O)P(=O)(O)O)no1. The van der Waals surface area contributed by atoms with Crippen molar-refractivity contribution in [2.24, 2.45) is 0 Å². The molecule has 0 fully saturated rings. The summed E-state index contributed by atoms with van der Waals surface area (Å²) in [5.41, 5.74) is -2.33. The lowest BCUT2D eigenvalue weighted by molar-refractivity contribution is 0.343. The van der Waals surface area contributed by atoms with E-state index in [0.717, 1.165) is 0 Å². The third kappa shape index (κ3) is 3.41. The van der Waals surface area contributed by atoms with Crippen LogP contribution in [0.4, 0.5) is 5.82 Å². The number of nitrogens with zero attached hydrogens (tertiary/aromatic N) is 1. The molecule has 5 N–H and O–H groups in total. The predicted octanol–water partition coefficient (Wildman–Crippen LogP) is 0.0339. The van der Waals surface area contributed by atoms with Crippen molar-refractivity contribution in [1.29, 1.82) is 0 Å². The van der Waals surface area contributed by atoms with Gasteiger partial charge in [0.1, 0.15) is 5.76 Å². The fourth-order valence-corrected chi connectivity index (χ4v) is 3.10. The van der Waals surface area contributed by atoms with Crippen LogP contribution in [0.15, 0.2) is 10.6 Å². The number of aryl methyl sites for hydroxylation is 1. The molecule has 0 radical (unpaired) electrons. The zero-order valence-electron chi connectivity index (χ0n) is 8.01. The molecule has 0 aromatic carbocycles. The van der Waals surface area contributed by atoms with Gasteiger partial charge in [0.25, 0.3) is 0 Å². The number of nitrogens with one attached hydrogen (secondary N) is 1. The molecule has 11 heteroatoms. The van der Waals surface area contributed by atoms with Crippen LogP contribution in [0.3, 0.4) is 0 Å². The monoisotopic (exact) mass is 272 g/mol. The van der Waals surface area contributed by atoms with Gasteiger partial charge in [-0.1, -0.05) is 5.16 Å². The van der Waals surface area contributed by atoms with Crippen LogP contribution in [0.1, 0.15) is 5.76 Å².